The molecule has 0 unspecified atom stereocenters. The minimum Gasteiger partial charge on any atom is -0.303 e. The van der Waals surface area contributed by atoms with Crippen LogP contribution in [0.1, 0.15) is 31.1 Å². The highest BCUT2D eigenvalue weighted by Crippen LogP contribution is 2.05. The zero-order valence-electron chi connectivity index (χ0n) is 8.86. The minimum atomic E-state index is -0.139. The van der Waals surface area contributed by atoms with Gasteiger partial charge >= 0.3 is 0 Å². The Hall–Kier alpha value is -1.44. The first-order chi connectivity index (χ1) is 6.49. The van der Waals surface area contributed by atoms with Crippen molar-refractivity contribution >= 4 is 12.6 Å². The topological polar surface area (TPSA) is 34.1 Å². The first-order valence-corrected chi connectivity index (χ1v) is 4.46. The largest absolute Gasteiger partial charge is 0.303 e. The lowest BCUT2D eigenvalue weighted by Crippen LogP contribution is -2.04. The zero-order chi connectivity index (χ0) is 11.0. The minimum absolute atomic E-state index is 0.139. The van der Waals surface area contributed by atoms with Crippen LogP contribution in [-0.2, 0) is 4.79 Å². The first-order valence-electron chi connectivity index (χ1n) is 4.46. The molecule has 1 aromatic rings. The Morgan fingerprint density at radius 3 is 1.64 bits per heavy atom. The lowest BCUT2D eigenvalue weighted by molar-refractivity contribution is -0.113. The van der Waals surface area contributed by atoms with Crippen LogP contribution in [-0.4, -0.2) is 12.6 Å². The van der Waals surface area contributed by atoms with Gasteiger partial charge in [-0.2, -0.15) is 0 Å². The summed E-state index contributed by atoms with van der Waals surface area (Å²) in [6, 6.07) is 9.10. The number of aldehydes is 2. The van der Waals surface area contributed by atoms with E-state index in [1.165, 1.54) is 0 Å². The molecular formula is C12H16O2. The Morgan fingerprint density at radius 2 is 1.43 bits per heavy atom. The summed E-state index contributed by atoms with van der Waals surface area (Å²) in [6.45, 7) is 5.62. The van der Waals surface area contributed by atoms with Gasteiger partial charge in [-0.3, -0.25) is 4.79 Å². The number of rotatable bonds is 1. The fourth-order valence-electron chi connectivity index (χ4n) is 0.532. The second kappa shape index (κ2) is 6.08. The fourth-order valence-corrected chi connectivity index (χ4v) is 0.532. The summed E-state index contributed by atoms with van der Waals surface area (Å²) >= 11 is 0. The third-order valence-electron chi connectivity index (χ3n) is 1.29. The molecule has 0 fully saturated rings. The van der Waals surface area contributed by atoms with Crippen molar-refractivity contribution in [2.24, 2.45) is 5.41 Å². The maximum absolute atomic E-state index is 10.0. The lowest BCUT2D eigenvalue weighted by Gasteiger charge is -2.03. The molecule has 0 aliphatic carbocycles. The van der Waals surface area contributed by atoms with E-state index in [0.29, 0.717) is 0 Å². The predicted octanol–water partition coefficient (Wildman–Crippen LogP) is 2.73. The predicted molar refractivity (Wildman–Crippen MR) is 57.3 cm³/mol. The van der Waals surface area contributed by atoms with E-state index in [-0.39, 0.29) is 5.41 Å². The van der Waals surface area contributed by atoms with Crippen molar-refractivity contribution in [2.45, 2.75) is 20.8 Å². The normalized spacial score (nSPS) is 9.64. The van der Waals surface area contributed by atoms with Crippen LogP contribution in [0.2, 0.25) is 0 Å². The van der Waals surface area contributed by atoms with Crippen LogP contribution in [0.5, 0.6) is 0 Å². The molecule has 0 saturated heterocycles. The van der Waals surface area contributed by atoms with E-state index in [0.717, 1.165) is 18.1 Å². The summed E-state index contributed by atoms with van der Waals surface area (Å²) in [4.78, 5) is 19.8. The van der Waals surface area contributed by atoms with Crippen LogP contribution in [0, 0.1) is 5.41 Å². The van der Waals surface area contributed by atoms with Gasteiger partial charge in [0, 0.05) is 11.0 Å². The van der Waals surface area contributed by atoms with E-state index in [2.05, 4.69) is 0 Å². The average molecular weight is 192 g/mol. The van der Waals surface area contributed by atoms with Gasteiger partial charge in [0.1, 0.15) is 12.6 Å². The van der Waals surface area contributed by atoms with Gasteiger partial charge in [0.05, 0.1) is 0 Å². The molecule has 0 saturated carbocycles. The van der Waals surface area contributed by atoms with Crippen molar-refractivity contribution < 1.29 is 9.59 Å². The van der Waals surface area contributed by atoms with Gasteiger partial charge in [-0.25, -0.2) is 0 Å². The Morgan fingerprint density at radius 1 is 1.00 bits per heavy atom. The van der Waals surface area contributed by atoms with Crippen LogP contribution >= 0.6 is 0 Å². The third kappa shape index (κ3) is 7.22. The van der Waals surface area contributed by atoms with Crippen molar-refractivity contribution in [1.82, 2.24) is 0 Å². The van der Waals surface area contributed by atoms with Crippen LogP contribution in [0.25, 0.3) is 0 Å². The lowest BCUT2D eigenvalue weighted by atomic mass is 10.0. The van der Waals surface area contributed by atoms with Crippen molar-refractivity contribution in [3.05, 3.63) is 35.9 Å². The third-order valence-corrected chi connectivity index (χ3v) is 1.29. The van der Waals surface area contributed by atoms with E-state index in [1.807, 2.05) is 39.0 Å². The van der Waals surface area contributed by atoms with Gasteiger partial charge in [-0.05, 0) is 0 Å². The molecule has 2 nitrogen and oxygen atoms in total. The smallest absolute Gasteiger partial charge is 0.150 e. The van der Waals surface area contributed by atoms with Crippen LogP contribution in [0.15, 0.2) is 30.3 Å². The van der Waals surface area contributed by atoms with Gasteiger partial charge in [-0.15, -0.1) is 0 Å². The van der Waals surface area contributed by atoms with Crippen LogP contribution in [0.4, 0.5) is 0 Å². The molecule has 0 aliphatic heterocycles. The molecule has 0 aromatic heterocycles. The van der Waals surface area contributed by atoms with Gasteiger partial charge in [0.25, 0.3) is 0 Å². The Balaban J connectivity index is 0.000000255. The number of hydrogen-bond acceptors (Lipinski definition) is 2. The van der Waals surface area contributed by atoms with Crippen molar-refractivity contribution in [3.63, 3.8) is 0 Å². The Kier molecular flexibility index (Phi) is 5.46. The highest BCUT2D eigenvalue weighted by molar-refractivity contribution is 5.74. The van der Waals surface area contributed by atoms with Gasteiger partial charge < -0.3 is 4.79 Å². The van der Waals surface area contributed by atoms with Gasteiger partial charge in [0.2, 0.25) is 0 Å². The SMILES string of the molecule is CC(C)(C)C=O.O=Cc1ccccc1. The number of benzene rings is 1. The molecule has 14 heavy (non-hydrogen) atoms. The summed E-state index contributed by atoms with van der Waals surface area (Å²) in [5.41, 5.74) is 0.590. The molecular weight excluding hydrogens is 176 g/mol. The average Bonchev–Trinajstić information content (AvgIpc) is 2.19. The standard InChI is InChI=1S/C7H6O.C5H10O/c8-6-7-4-2-1-3-5-7;1-5(2,3)4-6/h1-6H;4H,1-3H3. The van der Waals surface area contributed by atoms with E-state index in [4.69, 9.17) is 0 Å². The summed E-state index contributed by atoms with van der Waals surface area (Å²) in [5.74, 6) is 0. The van der Waals surface area contributed by atoms with E-state index >= 15 is 0 Å². The molecule has 0 spiro atoms. The van der Waals surface area contributed by atoms with Gasteiger partial charge in [0.15, 0.2) is 0 Å². The molecule has 0 amide bonds. The molecule has 0 N–H and O–H groups in total. The van der Waals surface area contributed by atoms with Gasteiger partial charge in [-0.1, -0.05) is 51.1 Å². The molecule has 1 aromatic carbocycles. The summed E-state index contributed by atoms with van der Waals surface area (Å²) in [6.07, 6.45) is 1.77. The maximum atomic E-state index is 10.0. The highest BCUT2D eigenvalue weighted by atomic mass is 16.1. The molecule has 0 aliphatic rings. The molecule has 0 radical (unpaired) electrons. The van der Waals surface area contributed by atoms with E-state index in [9.17, 15) is 9.59 Å². The van der Waals surface area contributed by atoms with E-state index in [1.54, 1.807) is 12.1 Å². The summed E-state index contributed by atoms with van der Waals surface area (Å²) < 4.78 is 0. The second-order valence-corrected chi connectivity index (χ2v) is 4.01. The molecule has 2 heteroatoms. The van der Waals surface area contributed by atoms with Crippen molar-refractivity contribution in [2.75, 3.05) is 0 Å². The fraction of sp³-hybridized carbons (Fsp3) is 0.333. The Labute approximate surface area is 84.9 Å². The molecule has 0 atom stereocenters. The zero-order valence-corrected chi connectivity index (χ0v) is 8.86. The number of carbonyl (C=O) groups is 2. The number of carbonyl (C=O) groups excluding carboxylic acids is 2. The maximum Gasteiger partial charge on any atom is 0.150 e. The van der Waals surface area contributed by atoms with E-state index < -0.39 is 0 Å². The van der Waals surface area contributed by atoms with Crippen LogP contribution < -0.4 is 0 Å². The summed E-state index contributed by atoms with van der Waals surface area (Å²) in [7, 11) is 0. The van der Waals surface area contributed by atoms with Crippen molar-refractivity contribution in [3.8, 4) is 0 Å². The Bertz CT molecular complexity index is 270. The number of hydrogen-bond donors (Lipinski definition) is 0. The first kappa shape index (κ1) is 12.6. The molecule has 0 bridgehead atoms. The highest BCUT2D eigenvalue weighted by Gasteiger charge is 2.04. The molecule has 0 heterocycles. The monoisotopic (exact) mass is 192 g/mol. The van der Waals surface area contributed by atoms with Crippen molar-refractivity contribution in [1.29, 1.82) is 0 Å². The molecule has 76 valence electrons. The molecule has 1 rings (SSSR count). The van der Waals surface area contributed by atoms with Crippen LogP contribution in [0.3, 0.4) is 0 Å². The quantitative estimate of drug-likeness (QED) is 0.641. The second-order valence-electron chi connectivity index (χ2n) is 4.01. The summed E-state index contributed by atoms with van der Waals surface area (Å²) in [5, 5.41) is 0.